The van der Waals surface area contributed by atoms with E-state index >= 15 is 0 Å². The van der Waals surface area contributed by atoms with Gasteiger partial charge in [-0.3, -0.25) is 4.79 Å². The number of anilines is 1. The van der Waals surface area contributed by atoms with Crippen LogP contribution in [0.1, 0.15) is 45.9 Å². The van der Waals surface area contributed by atoms with Crippen LogP contribution in [0.15, 0.2) is 0 Å². The lowest BCUT2D eigenvalue weighted by molar-refractivity contribution is -0.142. The van der Waals surface area contributed by atoms with Gasteiger partial charge >= 0.3 is 5.97 Å². The minimum Gasteiger partial charge on any atom is -0.481 e. The first kappa shape index (κ1) is 14.2. The molecule has 1 aliphatic rings. The third-order valence-electron chi connectivity index (χ3n) is 3.59. The second-order valence-electron chi connectivity index (χ2n) is 6.19. The molecule has 1 aromatic heterocycles. The maximum absolute atomic E-state index is 11.1. The lowest BCUT2D eigenvalue weighted by atomic mass is 9.96. The molecule has 0 saturated heterocycles. The third kappa shape index (κ3) is 3.43. The van der Waals surface area contributed by atoms with E-state index in [0.717, 1.165) is 30.2 Å². The molecule has 0 aromatic carbocycles. The van der Waals surface area contributed by atoms with Gasteiger partial charge in [0.25, 0.3) is 0 Å². The maximum atomic E-state index is 11.1. The van der Waals surface area contributed by atoms with Gasteiger partial charge in [-0.15, -0.1) is 0 Å². The molecule has 2 N–H and O–H groups in total. The highest BCUT2D eigenvalue weighted by molar-refractivity contribution is 7.09. The summed E-state index contributed by atoms with van der Waals surface area (Å²) in [6, 6.07) is 0. The Morgan fingerprint density at radius 3 is 2.79 bits per heavy atom. The summed E-state index contributed by atoms with van der Waals surface area (Å²) in [6.07, 6.45) is 2.78. The molecule has 0 spiro atoms. The average molecular weight is 283 g/mol. The van der Waals surface area contributed by atoms with Crippen LogP contribution < -0.4 is 5.32 Å². The lowest BCUT2D eigenvalue weighted by Gasteiger charge is -2.15. The Hall–Kier alpha value is -1.17. The fourth-order valence-electron chi connectivity index (χ4n) is 2.42. The van der Waals surface area contributed by atoms with Crippen molar-refractivity contribution < 1.29 is 9.90 Å². The fourth-order valence-corrected chi connectivity index (χ4v) is 3.19. The molecule has 2 atom stereocenters. The molecule has 2 rings (SSSR count). The van der Waals surface area contributed by atoms with Gasteiger partial charge in [0.1, 0.15) is 5.82 Å². The molecule has 0 aliphatic heterocycles. The summed E-state index contributed by atoms with van der Waals surface area (Å²) in [5.41, 5.74) is -0.0482. The van der Waals surface area contributed by atoms with E-state index in [1.807, 2.05) is 0 Å². The Morgan fingerprint density at radius 2 is 2.21 bits per heavy atom. The molecule has 1 aliphatic carbocycles. The molecule has 2 unspecified atom stereocenters. The zero-order chi connectivity index (χ0) is 14.0. The molecule has 19 heavy (non-hydrogen) atoms. The zero-order valence-corrected chi connectivity index (χ0v) is 12.5. The largest absolute Gasteiger partial charge is 0.481 e. The highest BCUT2D eigenvalue weighted by Crippen LogP contribution is 2.32. The molecule has 0 amide bonds. The minimum absolute atomic E-state index is 0.0482. The van der Waals surface area contributed by atoms with Crippen molar-refractivity contribution in [2.24, 2.45) is 11.8 Å². The van der Waals surface area contributed by atoms with Crippen molar-refractivity contribution in [1.29, 1.82) is 0 Å². The Labute approximate surface area is 117 Å². The molecule has 106 valence electrons. The first-order chi connectivity index (χ1) is 8.88. The first-order valence-electron chi connectivity index (χ1n) is 6.69. The van der Waals surface area contributed by atoms with Crippen molar-refractivity contribution in [2.45, 2.75) is 45.4 Å². The van der Waals surface area contributed by atoms with Crippen molar-refractivity contribution in [2.75, 3.05) is 11.9 Å². The van der Waals surface area contributed by atoms with Gasteiger partial charge in [0.2, 0.25) is 5.13 Å². The molecule has 1 aromatic rings. The predicted molar refractivity (Wildman–Crippen MR) is 75.6 cm³/mol. The summed E-state index contributed by atoms with van der Waals surface area (Å²) in [7, 11) is 0. The summed E-state index contributed by atoms with van der Waals surface area (Å²) in [4.78, 5) is 15.6. The highest BCUT2D eigenvalue weighted by Gasteiger charge is 2.32. The van der Waals surface area contributed by atoms with Gasteiger partial charge in [-0.05, 0) is 18.8 Å². The number of aromatic nitrogens is 2. The quantitative estimate of drug-likeness (QED) is 0.888. The van der Waals surface area contributed by atoms with Crippen LogP contribution in [0.5, 0.6) is 0 Å². The Kier molecular flexibility index (Phi) is 4.08. The summed E-state index contributed by atoms with van der Waals surface area (Å²) in [6.45, 7) is 6.92. The van der Waals surface area contributed by atoms with Crippen LogP contribution in [0.2, 0.25) is 0 Å². The van der Waals surface area contributed by atoms with E-state index in [2.05, 4.69) is 35.4 Å². The van der Waals surface area contributed by atoms with Crippen LogP contribution in [-0.2, 0) is 10.2 Å². The Morgan fingerprint density at radius 1 is 1.47 bits per heavy atom. The molecule has 6 heteroatoms. The van der Waals surface area contributed by atoms with E-state index in [0.29, 0.717) is 6.54 Å². The molecule has 5 nitrogen and oxygen atoms in total. The number of hydrogen-bond donors (Lipinski definition) is 2. The van der Waals surface area contributed by atoms with Crippen molar-refractivity contribution >= 4 is 22.6 Å². The van der Waals surface area contributed by atoms with Crippen LogP contribution in [0.25, 0.3) is 0 Å². The van der Waals surface area contributed by atoms with Gasteiger partial charge < -0.3 is 10.4 Å². The Bertz CT molecular complexity index is 453. The van der Waals surface area contributed by atoms with Crippen LogP contribution in [-0.4, -0.2) is 27.0 Å². The van der Waals surface area contributed by atoms with Gasteiger partial charge in [-0.2, -0.15) is 4.37 Å². The van der Waals surface area contributed by atoms with Gasteiger partial charge in [0, 0.05) is 23.5 Å². The van der Waals surface area contributed by atoms with Crippen molar-refractivity contribution in [3.8, 4) is 0 Å². The number of carboxylic acid groups (broad SMARTS) is 1. The van der Waals surface area contributed by atoms with Gasteiger partial charge in [0.05, 0.1) is 5.92 Å². The van der Waals surface area contributed by atoms with E-state index in [1.165, 1.54) is 11.5 Å². The number of rotatable bonds is 4. The first-order valence-corrected chi connectivity index (χ1v) is 7.46. The summed E-state index contributed by atoms with van der Waals surface area (Å²) in [5, 5.41) is 13.2. The second-order valence-corrected chi connectivity index (χ2v) is 6.94. The number of nitrogens with zero attached hydrogens (tertiary/aromatic N) is 2. The minimum atomic E-state index is -0.669. The second kappa shape index (κ2) is 5.45. The number of aliphatic carboxylic acids is 1. The number of hydrogen-bond acceptors (Lipinski definition) is 5. The predicted octanol–water partition coefficient (Wildman–Crippen LogP) is 2.75. The topological polar surface area (TPSA) is 75.1 Å². The third-order valence-corrected chi connectivity index (χ3v) is 4.26. The highest BCUT2D eigenvalue weighted by atomic mass is 32.1. The summed E-state index contributed by atoms with van der Waals surface area (Å²) in [5.74, 6) is 0.167. The summed E-state index contributed by atoms with van der Waals surface area (Å²) < 4.78 is 4.34. The summed E-state index contributed by atoms with van der Waals surface area (Å²) >= 11 is 1.35. The van der Waals surface area contributed by atoms with Crippen molar-refractivity contribution in [1.82, 2.24) is 9.36 Å². The molecule has 1 heterocycles. The fraction of sp³-hybridized carbons (Fsp3) is 0.769. The number of carbonyl (C=O) groups is 1. The van der Waals surface area contributed by atoms with Gasteiger partial charge in [0.15, 0.2) is 0 Å². The van der Waals surface area contributed by atoms with E-state index < -0.39 is 5.97 Å². The monoisotopic (exact) mass is 283 g/mol. The van der Waals surface area contributed by atoms with Crippen LogP contribution in [0.3, 0.4) is 0 Å². The molecular formula is C13H21N3O2S. The van der Waals surface area contributed by atoms with E-state index in [4.69, 9.17) is 5.11 Å². The molecule has 0 bridgehead atoms. The van der Waals surface area contributed by atoms with Gasteiger partial charge in [-0.25, -0.2) is 4.98 Å². The number of carboxylic acids is 1. The molecule has 0 radical (unpaired) electrons. The normalized spacial score (nSPS) is 23.5. The molecular weight excluding hydrogens is 262 g/mol. The van der Waals surface area contributed by atoms with E-state index in [9.17, 15) is 4.79 Å². The van der Waals surface area contributed by atoms with E-state index in [1.54, 1.807) is 0 Å². The standard InChI is InChI=1S/C13H21N3O2S/c1-13(2,3)11-15-12(19-16-11)14-7-8-5-4-6-9(8)10(17)18/h8-9H,4-7H2,1-3H3,(H,17,18)(H,14,15,16). The SMILES string of the molecule is CC(C)(C)c1nsc(NCC2CCCC2C(=O)O)n1. The molecule has 1 fully saturated rings. The van der Waals surface area contributed by atoms with Gasteiger partial charge in [-0.1, -0.05) is 27.2 Å². The van der Waals surface area contributed by atoms with Crippen molar-refractivity contribution in [3.63, 3.8) is 0 Å². The lowest BCUT2D eigenvalue weighted by Crippen LogP contribution is -2.24. The van der Waals surface area contributed by atoms with Crippen molar-refractivity contribution in [3.05, 3.63) is 5.82 Å². The van der Waals surface area contributed by atoms with Crippen LogP contribution in [0, 0.1) is 11.8 Å². The molecule has 1 saturated carbocycles. The smallest absolute Gasteiger partial charge is 0.306 e. The Balaban J connectivity index is 1.92. The number of nitrogens with one attached hydrogen (secondary N) is 1. The zero-order valence-electron chi connectivity index (χ0n) is 11.6. The van der Waals surface area contributed by atoms with Crippen LogP contribution in [0.4, 0.5) is 5.13 Å². The average Bonchev–Trinajstić information content (AvgIpc) is 2.94. The van der Waals surface area contributed by atoms with E-state index in [-0.39, 0.29) is 17.3 Å². The van der Waals surface area contributed by atoms with Crippen LogP contribution >= 0.6 is 11.5 Å². The maximum Gasteiger partial charge on any atom is 0.306 e.